The summed E-state index contributed by atoms with van der Waals surface area (Å²) in [6, 6.07) is 7.04. The zero-order chi connectivity index (χ0) is 11.1. The fraction of sp³-hybridized carbons (Fsp3) is 0.100. The number of hydrogen-bond acceptors (Lipinski definition) is 1. The van der Waals surface area contributed by atoms with E-state index in [1.54, 1.807) is 24.4 Å². The highest BCUT2D eigenvalue weighted by molar-refractivity contribution is 6.67. The summed E-state index contributed by atoms with van der Waals surface area (Å²) in [6.07, 6.45) is 1.59. The molecule has 0 bridgehead atoms. The zero-order valence-corrected chi connectivity index (χ0v) is 10.4. The molecule has 0 saturated carbocycles. The summed E-state index contributed by atoms with van der Waals surface area (Å²) in [5, 5.41) is 1.37. The molecule has 0 aliphatic heterocycles. The van der Waals surface area contributed by atoms with Gasteiger partial charge in [0.1, 0.15) is 0 Å². The minimum absolute atomic E-state index is 0.535. The molecule has 0 spiro atoms. The van der Waals surface area contributed by atoms with Gasteiger partial charge in [-0.1, -0.05) is 64.6 Å². The second-order valence-corrected chi connectivity index (χ2v) is 5.68. The van der Waals surface area contributed by atoms with E-state index in [4.69, 9.17) is 46.4 Å². The molecule has 1 aromatic heterocycles. The third kappa shape index (κ3) is 2.16. The van der Waals surface area contributed by atoms with Crippen molar-refractivity contribution in [3.05, 3.63) is 41.0 Å². The Bertz CT molecular complexity index is 504. The van der Waals surface area contributed by atoms with Gasteiger partial charge in [0.05, 0.1) is 10.5 Å². The summed E-state index contributed by atoms with van der Waals surface area (Å²) in [7, 11) is 0. The van der Waals surface area contributed by atoms with Crippen molar-refractivity contribution >= 4 is 57.3 Å². The van der Waals surface area contributed by atoms with E-state index in [1.807, 2.05) is 6.07 Å². The monoisotopic (exact) mass is 279 g/mol. The molecule has 2 aromatic rings. The van der Waals surface area contributed by atoms with Crippen LogP contribution >= 0.6 is 46.4 Å². The van der Waals surface area contributed by atoms with E-state index < -0.39 is 3.79 Å². The van der Waals surface area contributed by atoms with Crippen LogP contribution in [0.1, 0.15) is 5.56 Å². The average molecular weight is 281 g/mol. The summed E-state index contributed by atoms with van der Waals surface area (Å²) in [5.74, 6) is 0. The Balaban J connectivity index is 2.83. The molecule has 0 N–H and O–H groups in total. The van der Waals surface area contributed by atoms with E-state index in [1.165, 1.54) is 0 Å². The highest BCUT2D eigenvalue weighted by Gasteiger charge is 2.25. The van der Waals surface area contributed by atoms with Crippen molar-refractivity contribution in [1.29, 1.82) is 0 Å². The van der Waals surface area contributed by atoms with Crippen LogP contribution in [0.3, 0.4) is 0 Å². The normalized spacial score (nSPS) is 12.0. The number of pyridine rings is 1. The van der Waals surface area contributed by atoms with Crippen LogP contribution in [-0.2, 0) is 3.79 Å². The molecule has 78 valence electrons. The highest BCUT2D eigenvalue weighted by Crippen LogP contribution is 2.41. The van der Waals surface area contributed by atoms with E-state index in [-0.39, 0.29) is 0 Å². The van der Waals surface area contributed by atoms with Crippen LogP contribution in [0, 0.1) is 0 Å². The van der Waals surface area contributed by atoms with Crippen molar-refractivity contribution < 1.29 is 0 Å². The summed E-state index contributed by atoms with van der Waals surface area (Å²) < 4.78 is -1.49. The van der Waals surface area contributed by atoms with Gasteiger partial charge >= 0.3 is 0 Å². The molecule has 0 unspecified atom stereocenters. The molecular weight excluding hydrogens is 276 g/mol. The lowest BCUT2D eigenvalue weighted by molar-refractivity contribution is 1.24. The lowest BCUT2D eigenvalue weighted by Crippen LogP contribution is -2.01. The van der Waals surface area contributed by atoms with Crippen molar-refractivity contribution in [2.75, 3.05) is 0 Å². The molecule has 1 nitrogen and oxygen atoms in total. The molecule has 5 heteroatoms. The third-order valence-corrected chi connectivity index (χ3v) is 2.96. The molecule has 0 atom stereocenters. The summed E-state index contributed by atoms with van der Waals surface area (Å²) >= 11 is 23.5. The lowest BCUT2D eigenvalue weighted by Gasteiger charge is -2.13. The van der Waals surface area contributed by atoms with Gasteiger partial charge in [-0.3, -0.25) is 4.98 Å². The first-order valence-electron chi connectivity index (χ1n) is 4.10. The van der Waals surface area contributed by atoms with E-state index in [2.05, 4.69) is 4.98 Å². The van der Waals surface area contributed by atoms with Crippen LogP contribution in [0.2, 0.25) is 5.02 Å². The number of halogens is 4. The van der Waals surface area contributed by atoms with Gasteiger partial charge < -0.3 is 0 Å². The predicted octanol–water partition coefficient (Wildman–Crippen LogP) is 4.71. The topological polar surface area (TPSA) is 12.9 Å². The maximum absolute atomic E-state index is 6.01. The van der Waals surface area contributed by atoms with Gasteiger partial charge in [-0.05, 0) is 6.07 Å². The van der Waals surface area contributed by atoms with Crippen molar-refractivity contribution in [3.63, 3.8) is 0 Å². The number of rotatable bonds is 0. The molecule has 0 aliphatic carbocycles. The van der Waals surface area contributed by atoms with Crippen molar-refractivity contribution in [2.24, 2.45) is 0 Å². The number of para-hydroxylation sites is 1. The average Bonchev–Trinajstić information content (AvgIpc) is 2.16. The predicted molar refractivity (Wildman–Crippen MR) is 66.0 cm³/mol. The summed E-state index contributed by atoms with van der Waals surface area (Å²) in [6.45, 7) is 0. The summed E-state index contributed by atoms with van der Waals surface area (Å²) in [5.41, 5.74) is 1.15. The molecule has 0 fully saturated rings. The van der Waals surface area contributed by atoms with Gasteiger partial charge in [0.15, 0.2) is 0 Å². The highest BCUT2D eigenvalue weighted by atomic mass is 35.6. The standard InChI is InChI=1S/C10H5Cl4N/c11-8-4-5-15-9-6(8)2-1-3-7(9)10(12,13)14/h1-5H. The number of alkyl halides is 3. The lowest BCUT2D eigenvalue weighted by atomic mass is 10.1. The molecule has 2 rings (SSSR count). The molecule has 0 saturated heterocycles. The van der Waals surface area contributed by atoms with Crippen LogP contribution < -0.4 is 0 Å². The zero-order valence-electron chi connectivity index (χ0n) is 7.35. The van der Waals surface area contributed by atoms with Gasteiger partial charge in [0, 0.05) is 17.1 Å². The van der Waals surface area contributed by atoms with Gasteiger partial charge in [0.25, 0.3) is 0 Å². The summed E-state index contributed by atoms with van der Waals surface area (Å²) in [4.78, 5) is 4.17. The Morgan fingerprint density at radius 2 is 1.80 bits per heavy atom. The van der Waals surface area contributed by atoms with Crippen LogP contribution in [0.25, 0.3) is 10.9 Å². The van der Waals surface area contributed by atoms with E-state index in [9.17, 15) is 0 Å². The second kappa shape index (κ2) is 3.99. The SMILES string of the molecule is Clc1ccnc2c(C(Cl)(Cl)Cl)cccc12. The number of fused-ring (bicyclic) bond motifs is 1. The first kappa shape index (κ1) is 11.3. The molecule has 0 aliphatic rings. The molecule has 1 aromatic carbocycles. The Labute approximate surface area is 107 Å². The molecular formula is C10H5Cl4N. The Hall–Kier alpha value is -0.210. The van der Waals surface area contributed by atoms with Crippen molar-refractivity contribution in [2.45, 2.75) is 3.79 Å². The van der Waals surface area contributed by atoms with E-state index in [0.29, 0.717) is 16.1 Å². The van der Waals surface area contributed by atoms with Crippen molar-refractivity contribution in [1.82, 2.24) is 4.98 Å². The Morgan fingerprint density at radius 1 is 1.07 bits per heavy atom. The fourth-order valence-electron chi connectivity index (χ4n) is 1.37. The van der Waals surface area contributed by atoms with E-state index in [0.717, 1.165) is 5.39 Å². The molecule has 1 heterocycles. The minimum atomic E-state index is -1.49. The fourth-order valence-corrected chi connectivity index (χ4v) is 2.04. The quantitative estimate of drug-likeness (QED) is 0.637. The molecule has 15 heavy (non-hydrogen) atoms. The van der Waals surface area contributed by atoms with Crippen molar-refractivity contribution in [3.8, 4) is 0 Å². The maximum atomic E-state index is 6.01. The first-order chi connectivity index (χ1) is 7.00. The maximum Gasteiger partial charge on any atom is 0.218 e. The number of nitrogens with zero attached hydrogens (tertiary/aromatic N) is 1. The van der Waals surface area contributed by atoms with Gasteiger partial charge in [0.2, 0.25) is 3.79 Å². The second-order valence-electron chi connectivity index (χ2n) is 2.99. The minimum Gasteiger partial charge on any atom is -0.256 e. The van der Waals surface area contributed by atoms with Gasteiger partial charge in [-0.2, -0.15) is 0 Å². The van der Waals surface area contributed by atoms with Gasteiger partial charge in [-0.25, -0.2) is 0 Å². The number of hydrogen-bond donors (Lipinski definition) is 0. The molecule has 0 amide bonds. The third-order valence-electron chi connectivity index (χ3n) is 2.02. The Kier molecular flexibility index (Phi) is 3.00. The first-order valence-corrected chi connectivity index (χ1v) is 5.62. The smallest absolute Gasteiger partial charge is 0.218 e. The van der Waals surface area contributed by atoms with Crippen LogP contribution in [0.4, 0.5) is 0 Å². The molecule has 0 radical (unpaired) electrons. The largest absolute Gasteiger partial charge is 0.256 e. The van der Waals surface area contributed by atoms with Crippen LogP contribution in [0.15, 0.2) is 30.5 Å². The van der Waals surface area contributed by atoms with Crippen LogP contribution in [0.5, 0.6) is 0 Å². The van der Waals surface area contributed by atoms with Crippen LogP contribution in [-0.4, -0.2) is 4.98 Å². The number of benzene rings is 1. The van der Waals surface area contributed by atoms with Gasteiger partial charge in [-0.15, -0.1) is 0 Å². The van der Waals surface area contributed by atoms with E-state index >= 15 is 0 Å². The number of aromatic nitrogens is 1. The Morgan fingerprint density at radius 3 is 2.47 bits per heavy atom.